The van der Waals surface area contributed by atoms with Crippen LogP contribution in [0.25, 0.3) is 0 Å². The maximum atomic E-state index is 12.3. The van der Waals surface area contributed by atoms with Crippen LogP contribution in [0.15, 0.2) is 18.2 Å². The molecular weight excluding hydrogens is 270 g/mol. The summed E-state index contributed by atoms with van der Waals surface area (Å²) in [5, 5.41) is 15.4. The first-order valence-electron chi connectivity index (χ1n) is 7.15. The number of nitrogens with zero attached hydrogens (tertiary/aromatic N) is 1. The maximum absolute atomic E-state index is 12.3. The summed E-state index contributed by atoms with van der Waals surface area (Å²) >= 11 is 0. The molecule has 1 aromatic carbocycles. The standard InChI is InChI=1S/C15H19N3O3/c1-9-4-11(2-3-13(9)19)17-15(21)10-5-14(20)18(8-10)12-6-16-7-12/h2-4,10,12,16,19H,5-8H2,1H3,(H,17,21). The number of nitrogens with one attached hydrogen (secondary N) is 2. The number of rotatable bonds is 3. The van der Waals surface area contributed by atoms with Crippen molar-refractivity contribution < 1.29 is 14.7 Å². The summed E-state index contributed by atoms with van der Waals surface area (Å²) in [4.78, 5) is 26.0. The van der Waals surface area contributed by atoms with Crippen molar-refractivity contribution >= 4 is 17.5 Å². The molecular formula is C15H19N3O3. The van der Waals surface area contributed by atoms with Gasteiger partial charge in [-0.3, -0.25) is 9.59 Å². The van der Waals surface area contributed by atoms with Crippen molar-refractivity contribution in [3.05, 3.63) is 23.8 Å². The Morgan fingerprint density at radius 2 is 2.19 bits per heavy atom. The zero-order valence-electron chi connectivity index (χ0n) is 11.9. The minimum absolute atomic E-state index is 0.0588. The number of phenols is 1. The minimum Gasteiger partial charge on any atom is -0.508 e. The average molecular weight is 289 g/mol. The van der Waals surface area contributed by atoms with E-state index in [9.17, 15) is 14.7 Å². The van der Waals surface area contributed by atoms with Crippen LogP contribution in [-0.2, 0) is 9.59 Å². The lowest BCUT2D eigenvalue weighted by Crippen LogP contribution is -2.57. The van der Waals surface area contributed by atoms with Crippen LogP contribution in [0.4, 0.5) is 5.69 Å². The van der Waals surface area contributed by atoms with Gasteiger partial charge in [0, 0.05) is 31.7 Å². The van der Waals surface area contributed by atoms with Crippen molar-refractivity contribution in [2.45, 2.75) is 19.4 Å². The molecule has 1 aromatic rings. The van der Waals surface area contributed by atoms with Crippen LogP contribution in [0.1, 0.15) is 12.0 Å². The lowest BCUT2D eigenvalue weighted by atomic mass is 10.1. The Kier molecular flexibility index (Phi) is 3.55. The van der Waals surface area contributed by atoms with E-state index >= 15 is 0 Å². The lowest BCUT2D eigenvalue weighted by Gasteiger charge is -2.35. The number of aryl methyl sites for hydroxylation is 1. The number of carbonyl (C=O) groups is 2. The highest BCUT2D eigenvalue weighted by molar-refractivity contribution is 5.97. The van der Waals surface area contributed by atoms with Crippen molar-refractivity contribution in [1.29, 1.82) is 0 Å². The Hall–Kier alpha value is -2.08. The smallest absolute Gasteiger partial charge is 0.229 e. The number of aromatic hydroxyl groups is 1. The Morgan fingerprint density at radius 3 is 2.81 bits per heavy atom. The van der Waals surface area contributed by atoms with Crippen LogP contribution < -0.4 is 10.6 Å². The SMILES string of the molecule is Cc1cc(NC(=O)C2CC(=O)N(C3CNC3)C2)ccc1O. The minimum atomic E-state index is -0.299. The Labute approximate surface area is 123 Å². The van der Waals surface area contributed by atoms with E-state index in [0.717, 1.165) is 13.1 Å². The summed E-state index contributed by atoms with van der Waals surface area (Å²) in [6.45, 7) is 3.90. The first kappa shape index (κ1) is 13.9. The molecule has 2 heterocycles. The van der Waals surface area contributed by atoms with E-state index in [-0.39, 0.29) is 35.9 Å². The average Bonchev–Trinajstić information content (AvgIpc) is 2.74. The Bertz CT molecular complexity index is 584. The van der Waals surface area contributed by atoms with Crippen molar-refractivity contribution in [3.63, 3.8) is 0 Å². The monoisotopic (exact) mass is 289 g/mol. The normalized spacial score (nSPS) is 22.2. The third kappa shape index (κ3) is 2.71. The molecule has 0 bridgehead atoms. The Morgan fingerprint density at radius 1 is 1.43 bits per heavy atom. The molecule has 0 aliphatic carbocycles. The van der Waals surface area contributed by atoms with Gasteiger partial charge in [0.1, 0.15) is 5.75 Å². The van der Waals surface area contributed by atoms with Gasteiger partial charge >= 0.3 is 0 Å². The van der Waals surface area contributed by atoms with Crippen LogP contribution in [0.5, 0.6) is 5.75 Å². The predicted octanol–water partition coefficient (Wildman–Crippen LogP) is 0.459. The van der Waals surface area contributed by atoms with E-state index in [1.165, 1.54) is 0 Å². The molecule has 0 spiro atoms. The number of phenolic OH excluding ortho intramolecular Hbond substituents is 1. The number of anilines is 1. The first-order valence-corrected chi connectivity index (χ1v) is 7.15. The van der Waals surface area contributed by atoms with E-state index in [2.05, 4.69) is 10.6 Å². The third-order valence-corrected chi connectivity index (χ3v) is 4.19. The lowest BCUT2D eigenvalue weighted by molar-refractivity contribution is -0.130. The largest absolute Gasteiger partial charge is 0.508 e. The molecule has 2 aliphatic heterocycles. The van der Waals surface area contributed by atoms with Crippen LogP contribution in [0.2, 0.25) is 0 Å². The molecule has 2 fully saturated rings. The molecule has 1 unspecified atom stereocenters. The fraction of sp³-hybridized carbons (Fsp3) is 0.467. The molecule has 2 amide bonds. The van der Waals surface area contributed by atoms with Crippen LogP contribution in [0, 0.1) is 12.8 Å². The second-order valence-electron chi connectivity index (χ2n) is 5.75. The van der Waals surface area contributed by atoms with Crippen molar-refractivity contribution in [1.82, 2.24) is 10.2 Å². The molecule has 0 aromatic heterocycles. The molecule has 2 aliphatic rings. The van der Waals surface area contributed by atoms with Gasteiger partial charge in [-0.1, -0.05) is 0 Å². The van der Waals surface area contributed by atoms with E-state index in [4.69, 9.17) is 0 Å². The summed E-state index contributed by atoms with van der Waals surface area (Å²) in [6.07, 6.45) is 0.277. The maximum Gasteiger partial charge on any atom is 0.229 e. The van der Waals surface area contributed by atoms with Crippen molar-refractivity contribution in [2.75, 3.05) is 25.0 Å². The summed E-state index contributed by atoms with van der Waals surface area (Å²) in [6, 6.07) is 5.17. The highest BCUT2D eigenvalue weighted by atomic mass is 16.3. The number of amides is 2. The molecule has 6 nitrogen and oxygen atoms in total. The second-order valence-corrected chi connectivity index (χ2v) is 5.75. The van der Waals surface area contributed by atoms with E-state index < -0.39 is 0 Å². The number of benzene rings is 1. The second kappa shape index (κ2) is 5.37. The number of likely N-dealkylation sites (tertiary alicyclic amines) is 1. The zero-order valence-corrected chi connectivity index (χ0v) is 11.9. The molecule has 0 radical (unpaired) electrons. The first-order chi connectivity index (χ1) is 10.0. The summed E-state index contributed by atoms with van der Waals surface area (Å²) in [5.41, 5.74) is 1.35. The van der Waals surface area contributed by atoms with Gasteiger partial charge in [-0.25, -0.2) is 0 Å². The van der Waals surface area contributed by atoms with Gasteiger partial charge in [0.05, 0.1) is 12.0 Å². The van der Waals surface area contributed by atoms with Gasteiger partial charge in [-0.2, -0.15) is 0 Å². The van der Waals surface area contributed by atoms with E-state index in [1.54, 1.807) is 25.1 Å². The number of hydrogen-bond donors (Lipinski definition) is 3. The molecule has 1 atom stereocenters. The van der Waals surface area contributed by atoms with E-state index in [1.807, 2.05) is 4.90 Å². The molecule has 6 heteroatoms. The fourth-order valence-electron chi connectivity index (χ4n) is 2.73. The van der Waals surface area contributed by atoms with Gasteiger partial charge in [-0.05, 0) is 30.7 Å². The molecule has 112 valence electrons. The topological polar surface area (TPSA) is 81.7 Å². The Balaban J connectivity index is 1.63. The van der Waals surface area contributed by atoms with Crippen molar-refractivity contribution in [2.24, 2.45) is 5.92 Å². The van der Waals surface area contributed by atoms with Gasteiger partial charge < -0.3 is 20.6 Å². The number of hydrogen-bond acceptors (Lipinski definition) is 4. The van der Waals surface area contributed by atoms with Crippen LogP contribution in [0.3, 0.4) is 0 Å². The van der Waals surface area contributed by atoms with Gasteiger partial charge in [0.25, 0.3) is 0 Å². The van der Waals surface area contributed by atoms with Crippen LogP contribution in [-0.4, -0.2) is 47.5 Å². The molecule has 2 saturated heterocycles. The predicted molar refractivity (Wildman–Crippen MR) is 78.0 cm³/mol. The van der Waals surface area contributed by atoms with Gasteiger partial charge in [0.2, 0.25) is 11.8 Å². The van der Waals surface area contributed by atoms with Crippen LogP contribution >= 0.6 is 0 Å². The molecule has 21 heavy (non-hydrogen) atoms. The zero-order chi connectivity index (χ0) is 15.0. The fourth-order valence-corrected chi connectivity index (χ4v) is 2.73. The highest BCUT2D eigenvalue weighted by Gasteiger charge is 2.39. The van der Waals surface area contributed by atoms with Gasteiger partial charge in [-0.15, -0.1) is 0 Å². The molecule has 3 N–H and O–H groups in total. The quantitative estimate of drug-likeness (QED) is 0.706. The van der Waals surface area contributed by atoms with Gasteiger partial charge in [0.15, 0.2) is 0 Å². The molecule has 3 rings (SSSR count). The van der Waals surface area contributed by atoms with Crippen molar-refractivity contribution in [3.8, 4) is 5.75 Å². The number of carbonyl (C=O) groups excluding carboxylic acids is 2. The molecule has 0 saturated carbocycles. The summed E-state index contributed by atoms with van der Waals surface area (Å²) < 4.78 is 0. The van der Waals surface area contributed by atoms with E-state index in [0.29, 0.717) is 17.8 Å². The highest BCUT2D eigenvalue weighted by Crippen LogP contribution is 2.25. The summed E-state index contributed by atoms with van der Waals surface area (Å²) in [5.74, 6) is -0.174. The third-order valence-electron chi connectivity index (χ3n) is 4.19. The summed E-state index contributed by atoms with van der Waals surface area (Å²) in [7, 11) is 0.